The maximum absolute atomic E-state index is 9.82. The van der Waals surface area contributed by atoms with Crippen molar-refractivity contribution in [3.8, 4) is 74.2 Å². The molecule has 3 heterocycles. The number of hydrogen-bond donors (Lipinski definition) is 0. The van der Waals surface area contributed by atoms with E-state index in [1.165, 1.54) is 20.2 Å². The Balaban J connectivity index is 1.20. The van der Waals surface area contributed by atoms with Gasteiger partial charge >= 0.3 is 0 Å². The van der Waals surface area contributed by atoms with E-state index in [-0.39, 0.29) is 0 Å². The van der Waals surface area contributed by atoms with Gasteiger partial charge in [-0.05, 0) is 76.9 Å². The van der Waals surface area contributed by atoms with Gasteiger partial charge in [-0.25, -0.2) is 15.0 Å². The molecule has 60 heavy (non-hydrogen) atoms. The Kier molecular flexibility index (Phi) is 8.34. The molecule has 0 fully saturated rings. The average molecular weight is 783 g/mol. The summed E-state index contributed by atoms with van der Waals surface area (Å²) in [6, 6.07) is 66.5. The largest absolute Gasteiger partial charge is 0.308 e. The second-order valence-electron chi connectivity index (χ2n) is 14.7. The van der Waals surface area contributed by atoms with Crippen LogP contribution in [-0.2, 0) is 0 Å². The summed E-state index contributed by atoms with van der Waals surface area (Å²) in [7, 11) is 0. The molecule has 278 valence electrons. The van der Waals surface area contributed by atoms with Gasteiger partial charge in [0.25, 0.3) is 0 Å². The number of para-hydroxylation sites is 1. The molecule has 0 aliphatic heterocycles. The third kappa shape index (κ3) is 5.97. The van der Waals surface area contributed by atoms with Crippen molar-refractivity contribution in [3.63, 3.8) is 0 Å². The van der Waals surface area contributed by atoms with Crippen molar-refractivity contribution in [2.45, 2.75) is 0 Å². The van der Waals surface area contributed by atoms with Crippen molar-refractivity contribution in [1.29, 1.82) is 10.5 Å². The molecular weight excluding hydrogens is 753 g/mol. The van der Waals surface area contributed by atoms with E-state index in [0.29, 0.717) is 28.6 Å². The third-order valence-corrected chi connectivity index (χ3v) is 12.2. The van der Waals surface area contributed by atoms with E-state index in [1.54, 1.807) is 17.4 Å². The summed E-state index contributed by atoms with van der Waals surface area (Å²) in [6.45, 7) is 0. The first-order valence-corrected chi connectivity index (χ1v) is 20.4. The molecule has 0 saturated heterocycles. The minimum absolute atomic E-state index is 0.440. The van der Waals surface area contributed by atoms with Gasteiger partial charge in [-0.15, -0.1) is 11.3 Å². The number of thiophene rings is 1. The van der Waals surface area contributed by atoms with Gasteiger partial charge in [0.15, 0.2) is 17.5 Å². The number of rotatable bonds is 6. The lowest BCUT2D eigenvalue weighted by atomic mass is 9.99. The van der Waals surface area contributed by atoms with Crippen LogP contribution in [0.3, 0.4) is 0 Å². The van der Waals surface area contributed by atoms with E-state index in [4.69, 9.17) is 15.0 Å². The molecule has 0 atom stereocenters. The highest BCUT2D eigenvalue weighted by Crippen LogP contribution is 2.41. The fraction of sp³-hybridized carbons (Fsp3) is 0. The lowest BCUT2D eigenvalue weighted by Gasteiger charge is -2.17. The van der Waals surface area contributed by atoms with Gasteiger partial charge < -0.3 is 4.57 Å². The summed E-state index contributed by atoms with van der Waals surface area (Å²) in [5.41, 5.74) is 10.2. The zero-order valence-corrected chi connectivity index (χ0v) is 32.7. The average Bonchev–Trinajstić information content (AvgIpc) is 3.86. The molecule has 0 bridgehead atoms. The summed E-state index contributed by atoms with van der Waals surface area (Å²) >= 11 is 1.81. The molecule has 6 nitrogen and oxygen atoms in total. The first kappa shape index (κ1) is 35.0. The van der Waals surface area contributed by atoms with Gasteiger partial charge in [-0.2, -0.15) is 10.5 Å². The third-order valence-electron chi connectivity index (χ3n) is 11.1. The molecule has 0 N–H and O–H groups in total. The molecule has 7 heteroatoms. The molecule has 11 aromatic rings. The van der Waals surface area contributed by atoms with E-state index in [0.717, 1.165) is 66.4 Å². The number of hydrogen-bond acceptors (Lipinski definition) is 6. The lowest BCUT2D eigenvalue weighted by Crippen LogP contribution is -2.04. The number of nitriles is 2. The Bertz CT molecular complexity index is 3480. The normalized spacial score (nSPS) is 11.3. The summed E-state index contributed by atoms with van der Waals surface area (Å²) in [4.78, 5) is 15.5. The molecule has 0 amide bonds. The van der Waals surface area contributed by atoms with E-state index < -0.39 is 0 Å². The molecule has 0 unspecified atom stereocenters. The van der Waals surface area contributed by atoms with E-state index in [2.05, 4.69) is 120 Å². The molecule has 0 spiro atoms. The minimum atomic E-state index is 0.440. The standard InChI is InChI=1S/C53H30N6S/c54-31-33-25-34(32-55)27-40(26-33)38-19-22-42-41-15-7-9-17-46(41)59(48(42)29-38)47-24-21-37(39-20-23-44-43-16-8-10-18-49(43)60-50(44)30-39)28-45(47)53-57-51(35-11-3-1-4-12-35)56-52(58-53)36-13-5-2-6-14-36/h1-30H. The molecular formula is C53H30N6S. The molecule has 0 aliphatic rings. The van der Waals surface area contributed by atoms with Crippen molar-refractivity contribution >= 4 is 53.3 Å². The summed E-state index contributed by atoms with van der Waals surface area (Å²) in [5, 5.41) is 24.3. The second-order valence-corrected chi connectivity index (χ2v) is 15.8. The van der Waals surface area contributed by atoms with Crippen molar-refractivity contribution in [3.05, 3.63) is 193 Å². The topological polar surface area (TPSA) is 91.2 Å². The first-order valence-electron chi connectivity index (χ1n) is 19.5. The van der Waals surface area contributed by atoms with Gasteiger partial charge in [0, 0.05) is 47.6 Å². The van der Waals surface area contributed by atoms with Crippen molar-refractivity contribution in [2.75, 3.05) is 0 Å². The summed E-state index contributed by atoms with van der Waals surface area (Å²) < 4.78 is 4.78. The molecule has 0 radical (unpaired) electrons. The van der Waals surface area contributed by atoms with Gasteiger partial charge in [0.1, 0.15) is 0 Å². The van der Waals surface area contributed by atoms with E-state index in [1.807, 2.05) is 72.8 Å². The Morgan fingerprint density at radius 1 is 0.383 bits per heavy atom. The highest BCUT2D eigenvalue weighted by atomic mass is 32.1. The Hall–Kier alpha value is -8.23. The molecule has 3 aromatic heterocycles. The molecule has 0 saturated carbocycles. The van der Waals surface area contributed by atoms with Crippen LogP contribution in [0.1, 0.15) is 11.1 Å². The van der Waals surface area contributed by atoms with Crippen LogP contribution >= 0.6 is 11.3 Å². The van der Waals surface area contributed by atoms with E-state index >= 15 is 0 Å². The highest BCUT2D eigenvalue weighted by molar-refractivity contribution is 7.25. The predicted molar refractivity (Wildman–Crippen MR) is 244 cm³/mol. The van der Waals surface area contributed by atoms with Gasteiger partial charge in [0.2, 0.25) is 0 Å². The zero-order valence-electron chi connectivity index (χ0n) is 31.9. The molecule has 8 aromatic carbocycles. The zero-order chi connectivity index (χ0) is 40.2. The van der Waals surface area contributed by atoms with Crippen LogP contribution in [0.4, 0.5) is 0 Å². The highest BCUT2D eigenvalue weighted by Gasteiger charge is 2.21. The van der Waals surface area contributed by atoms with Crippen LogP contribution in [0.25, 0.3) is 104 Å². The lowest BCUT2D eigenvalue weighted by molar-refractivity contribution is 1.06. The number of aromatic nitrogens is 4. The van der Waals surface area contributed by atoms with Crippen LogP contribution in [0.2, 0.25) is 0 Å². The second kappa shape index (κ2) is 14.3. The Morgan fingerprint density at radius 2 is 0.917 bits per heavy atom. The quantitative estimate of drug-likeness (QED) is 0.167. The van der Waals surface area contributed by atoms with Crippen LogP contribution < -0.4 is 0 Å². The van der Waals surface area contributed by atoms with Crippen molar-refractivity contribution < 1.29 is 0 Å². The SMILES string of the molecule is N#Cc1cc(C#N)cc(-c2ccc3c4ccccc4n(-c4ccc(-c5ccc6c(c5)sc5ccccc56)cc4-c4nc(-c5ccccc5)nc(-c5ccccc5)n4)c3c2)c1. The number of nitrogens with zero attached hydrogens (tertiary/aromatic N) is 6. The van der Waals surface area contributed by atoms with Gasteiger partial charge in [-0.1, -0.05) is 127 Å². The number of benzene rings is 8. The van der Waals surface area contributed by atoms with Crippen LogP contribution in [-0.4, -0.2) is 19.5 Å². The monoisotopic (exact) mass is 782 g/mol. The summed E-state index contributed by atoms with van der Waals surface area (Å²) in [6.07, 6.45) is 0. The van der Waals surface area contributed by atoms with Gasteiger partial charge in [0.05, 0.1) is 40.0 Å². The smallest absolute Gasteiger partial charge is 0.166 e. The molecule has 11 rings (SSSR count). The fourth-order valence-electron chi connectivity index (χ4n) is 8.26. The van der Waals surface area contributed by atoms with Crippen LogP contribution in [0, 0.1) is 22.7 Å². The van der Waals surface area contributed by atoms with E-state index in [9.17, 15) is 10.5 Å². The Labute approximate surface area is 349 Å². The maximum atomic E-state index is 9.82. The predicted octanol–water partition coefficient (Wildman–Crippen LogP) is 13.4. The number of fused-ring (bicyclic) bond motifs is 6. The minimum Gasteiger partial charge on any atom is -0.308 e. The van der Waals surface area contributed by atoms with Gasteiger partial charge in [-0.3, -0.25) is 0 Å². The van der Waals surface area contributed by atoms with Crippen molar-refractivity contribution in [2.24, 2.45) is 0 Å². The van der Waals surface area contributed by atoms with Crippen LogP contribution in [0.15, 0.2) is 182 Å². The Morgan fingerprint density at radius 3 is 1.62 bits per heavy atom. The molecule has 0 aliphatic carbocycles. The van der Waals surface area contributed by atoms with Crippen molar-refractivity contribution in [1.82, 2.24) is 19.5 Å². The van der Waals surface area contributed by atoms with Crippen LogP contribution in [0.5, 0.6) is 0 Å². The first-order chi connectivity index (χ1) is 29.6. The fourth-order valence-corrected chi connectivity index (χ4v) is 9.40. The summed E-state index contributed by atoms with van der Waals surface area (Å²) in [5.74, 6) is 1.71. The maximum Gasteiger partial charge on any atom is 0.166 e.